The quantitative estimate of drug-likeness (QED) is 0.479. The molecule has 0 atom stereocenters. The molecule has 0 saturated heterocycles. The van der Waals surface area contributed by atoms with Gasteiger partial charge in [-0.25, -0.2) is 4.99 Å². The maximum Gasteiger partial charge on any atom is 0.191 e. The minimum atomic E-state index is 0. The Labute approximate surface area is 130 Å². The summed E-state index contributed by atoms with van der Waals surface area (Å²) in [5.41, 5.74) is 1.06. The Morgan fingerprint density at radius 2 is 2.11 bits per heavy atom. The highest BCUT2D eigenvalue weighted by Gasteiger charge is 2.21. The maximum atomic E-state index is 6.09. The van der Waals surface area contributed by atoms with Crippen molar-refractivity contribution >= 4 is 41.5 Å². The van der Waals surface area contributed by atoms with Gasteiger partial charge in [0.05, 0.1) is 6.54 Å². The molecular weight excluding hydrogens is 361 g/mol. The molecule has 0 spiro atoms. The predicted molar refractivity (Wildman–Crippen MR) is 87.8 cm³/mol. The molecule has 1 aromatic rings. The normalized spacial score (nSPS) is 14.9. The molecule has 5 heteroatoms. The Bertz CT molecular complexity index is 405. The number of rotatable bonds is 4. The average Bonchev–Trinajstić information content (AvgIpc) is 3.12. The Kier molecular flexibility index (Phi) is 6.78. The largest absolute Gasteiger partial charge is 0.357 e. The standard InChI is InChI=1S/C13H18ClN3.HI/c1-2-15-13(17-11-7-8-11)16-9-10-5-3-4-6-12(10)14;/h3-6,11H,2,7-9H2,1H3,(H2,15,16,17);1H. The molecule has 0 aromatic heterocycles. The van der Waals surface area contributed by atoms with Crippen LogP contribution in [-0.2, 0) is 6.54 Å². The second-order valence-corrected chi connectivity index (χ2v) is 4.61. The molecule has 18 heavy (non-hydrogen) atoms. The summed E-state index contributed by atoms with van der Waals surface area (Å²) in [7, 11) is 0. The van der Waals surface area contributed by atoms with Gasteiger partial charge in [0.1, 0.15) is 0 Å². The topological polar surface area (TPSA) is 36.4 Å². The van der Waals surface area contributed by atoms with Crippen LogP contribution in [0.5, 0.6) is 0 Å². The minimum absolute atomic E-state index is 0. The third-order valence-corrected chi connectivity index (χ3v) is 3.00. The highest BCUT2D eigenvalue weighted by Crippen LogP contribution is 2.19. The fourth-order valence-corrected chi connectivity index (χ4v) is 1.73. The predicted octanol–water partition coefficient (Wildman–Crippen LogP) is 3.18. The summed E-state index contributed by atoms with van der Waals surface area (Å²) in [6.45, 7) is 3.56. The van der Waals surface area contributed by atoms with Gasteiger partial charge in [0, 0.05) is 17.6 Å². The van der Waals surface area contributed by atoms with Crippen molar-refractivity contribution in [3.63, 3.8) is 0 Å². The smallest absolute Gasteiger partial charge is 0.191 e. The third kappa shape index (κ3) is 5.02. The van der Waals surface area contributed by atoms with Gasteiger partial charge in [0.2, 0.25) is 0 Å². The van der Waals surface area contributed by atoms with Crippen LogP contribution in [0.2, 0.25) is 5.02 Å². The highest BCUT2D eigenvalue weighted by atomic mass is 127. The monoisotopic (exact) mass is 379 g/mol. The lowest BCUT2D eigenvalue weighted by Gasteiger charge is -2.10. The van der Waals surface area contributed by atoms with Gasteiger partial charge in [0.25, 0.3) is 0 Å². The van der Waals surface area contributed by atoms with E-state index in [4.69, 9.17) is 11.6 Å². The van der Waals surface area contributed by atoms with Gasteiger partial charge < -0.3 is 10.6 Å². The fourth-order valence-electron chi connectivity index (χ4n) is 1.53. The van der Waals surface area contributed by atoms with E-state index >= 15 is 0 Å². The zero-order chi connectivity index (χ0) is 12.1. The molecule has 0 bridgehead atoms. The van der Waals surface area contributed by atoms with Gasteiger partial charge in [-0.2, -0.15) is 0 Å². The van der Waals surface area contributed by atoms with Crippen molar-refractivity contribution in [1.82, 2.24) is 10.6 Å². The van der Waals surface area contributed by atoms with Crippen molar-refractivity contribution in [3.05, 3.63) is 34.9 Å². The fraction of sp³-hybridized carbons (Fsp3) is 0.462. The van der Waals surface area contributed by atoms with Crippen LogP contribution in [0.15, 0.2) is 29.3 Å². The van der Waals surface area contributed by atoms with E-state index in [-0.39, 0.29) is 24.0 Å². The number of guanidine groups is 1. The van der Waals surface area contributed by atoms with E-state index in [1.807, 2.05) is 24.3 Å². The lowest BCUT2D eigenvalue weighted by atomic mass is 10.2. The van der Waals surface area contributed by atoms with E-state index in [9.17, 15) is 0 Å². The lowest BCUT2D eigenvalue weighted by Crippen LogP contribution is -2.38. The van der Waals surface area contributed by atoms with Crippen molar-refractivity contribution in [3.8, 4) is 0 Å². The summed E-state index contributed by atoms with van der Waals surface area (Å²) < 4.78 is 0. The van der Waals surface area contributed by atoms with E-state index in [1.165, 1.54) is 12.8 Å². The van der Waals surface area contributed by atoms with Crippen molar-refractivity contribution < 1.29 is 0 Å². The molecule has 1 saturated carbocycles. The Morgan fingerprint density at radius 3 is 2.72 bits per heavy atom. The second-order valence-electron chi connectivity index (χ2n) is 4.21. The van der Waals surface area contributed by atoms with Crippen LogP contribution in [0.1, 0.15) is 25.3 Å². The van der Waals surface area contributed by atoms with Gasteiger partial charge in [-0.15, -0.1) is 24.0 Å². The Balaban J connectivity index is 0.00000162. The molecule has 0 heterocycles. The molecule has 1 aromatic carbocycles. The van der Waals surface area contributed by atoms with Crippen molar-refractivity contribution in [2.24, 2.45) is 4.99 Å². The van der Waals surface area contributed by atoms with Gasteiger partial charge >= 0.3 is 0 Å². The van der Waals surface area contributed by atoms with E-state index in [1.54, 1.807) is 0 Å². The first-order chi connectivity index (χ1) is 8.29. The van der Waals surface area contributed by atoms with Crippen molar-refractivity contribution in [1.29, 1.82) is 0 Å². The summed E-state index contributed by atoms with van der Waals surface area (Å²) in [5.74, 6) is 0.884. The van der Waals surface area contributed by atoms with E-state index in [0.29, 0.717) is 12.6 Å². The Morgan fingerprint density at radius 1 is 1.39 bits per heavy atom. The lowest BCUT2D eigenvalue weighted by molar-refractivity contribution is 0.812. The van der Waals surface area contributed by atoms with Crippen LogP contribution in [0.4, 0.5) is 0 Å². The number of hydrogen-bond acceptors (Lipinski definition) is 1. The summed E-state index contributed by atoms with van der Waals surface area (Å²) in [5, 5.41) is 7.39. The number of nitrogens with one attached hydrogen (secondary N) is 2. The summed E-state index contributed by atoms with van der Waals surface area (Å²) in [6, 6.07) is 8.43. The maximum absolute atomic E-state index is 6.09. The van der Waals surface area contributed by atoms with E-state index in [0.717, 1.165) is 23.1 Å². The zero-order valence-corrected chi connectivity index (χ0v) is 13.5. The van der Waals surface area contributed by atoms with Gasteiger partial charge in [0.15, 0.2) is 5.96 Å². The van der Waals surface area contributed by atoms with Gasteiger partial charge in [-0.1, -0.05) is 29.8 Å². The molecule has 2 rings (SSSR count). The molecule has 1 fully saturated rings. The van der Waals surface area contributed by atoms with Crippen LogP contribution in [-0.4, -0.2) is 18.5 Å². The summed E-state index contributed by atoms with van der Waals surface area (Å²) in [4.78, 5) is 4.53. The highest BCUT2D eigenvalue weighted by molar-refractivity contribution is 14.0. The molecule has 0 amide bonds. The molecule has 2 N–H and O–H groups in total. The van der Waals surface area contributed by atoms with Crippen LogP contribution in [0.3, 0.4) is 0 Å². The number of halogens is 2. The summed E-state index contributed by atoms with van der Waals surface area (Å²) in [6.07, 6.45) is 2.49. The van der Waals surface area contributed by atoms with Gasteiger partial charge in [-0.3, -0.25) is 0 Å². The minimum Gasteiger partial charge on any atom is -0.357 e. The molecular formula is C13H19ClIN3. The second kappa shape index (κ2) is 7.84. The van der Waals surface area contributed by atoms with Gasteiger partial charge in [-0.05, 0) is 31.4 Å². The van der Waals surface area contributed by atoms with Crippen LogP contribution < -0.4 is 10.6 Å². The SMILES string of the molecule is CCNC(=NCc1ccccc1Cl)NC1CC1.I. The molecule has 1 aliphatic carbocycles. The number of benzene rings is 1. The number of hydrogen-bond donors (Lipinski definition) is 2. The first-order valence-corrected chi connectivity index (χ1v) is 6.45. The molecule has 1 aliphatic rings. The first-order valence-electron chi connectivity index (χ1n) is 6.08. The zero-order valence-electron chi connectivity index (χ0n) is 10.4. The number of nitrogens with zero attached hydrogens (tertiary/aromatic N) is 1. The molecule has 0 unspecified atom stereocenters. The van der Waals surface area contributed by atoms with Crippen molar-refractivity contribution in [2.75, 3.05) is 6.54 Å². The molecule has 3 nitrogen and oxygen atoms in total. The average molecular weight is 380 g/mol. The molecule has 0 aliphatic heterocycles. The third-order valence-electron chi connectivity index (χ3n) is 2.63. The van der Waals surface area contributed by atoms with Crippen LogP contribution in [0, 0.1) is 0 Å². The van der Waals surface area contributed by atoms with E-state index < -0.39 is 0 Å². The van der Waals surface area contributed by atoms with Crippen molar-refractivity contribution in [2.45, 2.75) is 32.4 Å². The first kappa shape index (κ1) is 15.6. The molecule has 100 valence electrons. The van der Waals surface area contributed by atoms with Crippen LogP contribution in [0.25, 0.3) is 0 Å². The summed E-state index contributed by atoms with van der Waals surface area (Å²) >= 11 is 6.09. The van der Waals surface area contributed by atoms with Crippen LogP contribution >= 0.6 is 35.6 Å². The number of aliphatic imine (C=N–C) groups is 1. The van der Waals surface area contributed by atoms with E-state index in [2.05, 4.69) is 22.5 Å². The Hall–Kier alpha value is -0.490. The molecule has 0 radical (unpaired) electrons.